The molecule has 0 aromatic carbocycles. The molecule has 1 saturated heterocycles. The van der Waals surface area contributed by atoms with Crippen LogP contribution in [0.3, 0.4) is 0 Å². The molecular weight excluding hydrogens is 248 g/mol. The monoisotopic (exact) mass is 266 g/mol. The molecule has 0 aromatic heterocycles. The van der Waals surface area contributed by atoms with Gasteiger partial charge in [0.15, 0.2) is 12.4 Å². The van der Waals surface area contributed by atoms with Gasteiger partial charge in [-0.2, -0.15) is 0 Å². The lowest BCUT2D eigenvalue weighted by Crippen LogP contribution is -2.59. The van der Waals surface area contributed by atoms with Crippen LogP contribution in [0.2, 0.25) is 0 Å². The summed E-state index contributed by atoms with van der Waals surface area (Å²) >= 11 is 0. The Morgan fingerprint density at radius 3 is 2.39 bits per heavy atom. The minimum absolute atomic E-state index is 0.425. The molecule has 0 unspecified atom stereocenters. The first-order chi connectivity index (χ1) is 8.36. The molecule has 4 N–H and O–H groups in total. The average Bonchev–Trinajstić information content (AvgIpc) is 2.28. The molecule has 8 heteroatoms. The molecule has 18 heavy (non-hydrogen) atoms. The summed E-state index contributed by atoms with van der Waals surface area (Å²) in [5.41, 5.74) is 0. The number of rotatable bonds is 3. The molecule has 0 bridgehead atoms. The molecule has 1 aliphatic rings. The summed E-state index contributed by atoms with van der Waals surface area (Å²) in [6, 6.07) is 0. The summed E-state index contributed by atoms with van der Waals surface area (Å²) in [6.45, 7) is 2.61. The highest BCUT2D eigenvalue weighted by molar-refractivity contribution is 5.60. The van der Waals surface area contributed by atoms with Crippen LogP contribution in [0, 0.1) is 0 Å². The molecule has 0 amide bonds. The van der Waals surface area contributed by atoms with E-state index >= 15 is 0 Å². The van der Waals surface area contributed by atoms with Crippen molar-refractivity contribution in [1.82, 2.24) is 0 Å². The number of aliphatic hydroxyl groups is 4. The fraction of sp³-hybridized carbons (Fsp3) is 0.900. The zero-order valence-corrected chi connectivity index (χ0v) is 10.1. The topological polar surface area (TPSA) is 126 Å². The van der Waals surface area contributed by atoms with Gasteiger partial charge in [-0.1, -0.05) is 0 Å². The van der Waals surface area contributed by atoms with Gasteiger partial charge in [-0.3, -0.25) is 0 Å². The largest absolute Gasteiger partial charge is 0.509 e. The number of carbonyl (C=O) groups excluding carboxylic acids is 1. The Balaban J connectivity index is 2.62. The van der Waals surface area contributed by atoms with Gasteiger partial charge in [-0.15, -0.1) is 0 Å². The first-order valence-corrected chi connectivity index (χ1v) is 5.54. The summed E-state index contributed by atoms with van der Waals surface area (Å²) in [5.74, 6) is 0. The molecule has 1 rings (SSSR count). The van der Waals surface area contributed by atoms with Gasteiger partial charge in [-0.25, -0.2) is 4.79 Å². The van der Waals surface area contributed by atoms with Gasteiger partial charge in [0.05, 0.1) is 12.7 Å². The van der Waals surface area contributed by atoms with E-state index < -0.39 is 49.6 Å². The lowest BCUT2D eigenvalue weighted by Gasteiger charge is -2.39. The smallest absolute Gasteiger partial charge is 0.432 e. The van der Waals surface area contributed by atoms with Crippen molar-refractivity contribution in [2.24, 2.45) is 0 Å². The van der Waals surface area contributed by atoms with E-state index in [1.54, 1.807) is 13.8 Å². The third kappa shape index (κ3) is 3.53. The van der Waals surface area contributed by atoms with Gasteiger partial charge in [0.1, 0.15) is 18.3 Å². The molecule has 106 valence electrons. The maximum absolute atomic E-state index is 11.2. The minimum Gasteiger partial charge on any atom is -0.432 e. The van der Waals surface area contributed by atoms with E-state index in [2.05, 4.69) is 9.47 Å². The van der Waals surface area contributed by atoms with Crippen molar-refractivity contribution in [3.8, 4) is 0 Å². The Morgan fingerprint density at radius 1 is 1.28 bits per heavy atom. The second-order valence-corrected chi connectivity index (χ2v) is 4.23. The number of hydrogen-bond donors (Lipinski definition) is 4. The van der Waals surface area contributed by atoms with E-state index in [-0.39, 0.29) is 0 Å². The van der Waals surface area contributed by atoms with Crippen LogP contribution in [-0.4, -0.2) is 70.0 Å². The van der Waals surface area contributed by atoms with Crippen LogP contribution in [0.4, 0.5) is 4.79 Å². The Kier molecular flexibility index (Phi) is 5.29. The second kappa shape index (κ2) is 6.30. The quantitative estimate of drug-likeness (QED) is 0.448. The van der Waals surface area contributed by atoms with Crippen molar-refractivity contribution < 1.29 is 39.4 Å². The predicted molar refractivity (Wildman–Crippen MR) is 56.5 cm³/mol. The summed E-state index contributed by atoms with van der Waals surface area (Å²) in [7, 11) is 0. The zero-order chi connectivity index (χ0) is 13.9. The van der Waals surface area contributed by atoms with Gasteiger partial charge in [0.25, 0.3) is 0 Å². The van der Waals surface area contributed by atoms with Gasteiger partial charge in [0.2, 0.25) is 0 Å². The highest BCUT2D eigenvalue weighted by atomic mass is 16.8. The number of aliphatic hydroxyl groups excluding tert-OH is 4. The van der Waals surface area contributed by atoms with Crippen LogP contribution in [0.15, 0.2) is 0 Å². The Bertz CT molecular complexity index is 281. The standard InChI is InChI=1S/C10H18O8/c1-4(2)16-10(15)18-8-7(13)6(12)5(3-11)17-9(8)14/h4-9,11-14H,3H2,1-2H3/t5-,6-,7+,8-,9-/m1/s1. The molecule has 0 aromatic rings. The predicted octanol–water partition coefficient (Wildman–Crippen LogP) is -1.65. The van der Waals surface area contributed by atoms with E-state index in [1.807, 2.05) is 0 Å². The van der Waals surface area contributed by atoms with Gasteiger partial charge in [0, 0.05) is 0 Å². The van der Waals surface area contributed by atoms with Crippen LogP contribution in [0.5, 0.6) is 0 Å². The highest BCUT2D eigenvalue weighted by Gasteiger charge is 2.46. The Hall–Kier alpha value is -0.930. The minimum atomic E-state index is -1.65. The molecule has 0 saturated carbocycles. The highest BCUT2D eigenvalue weighted by Crippen LogP contribution is 2.22. The summed E-state index contributed by atoms with van der Waals surface area (Å²) in [4.78, 5) is 11.2. The summed E-state index contributed by atoms with van der Waals surface area (Å²) in [6.07, 6.45) is -8.84. The maximum atomic E-state index is 11.2. The van der Waals surface area contributed by atoms with Crippen LogP contribution in [-0.2, 0) is 14.2 Å². The van der Waals surface area contributed by atoms with Gasteiger partial charge in [-0.05, 0) is 13.8 Å². The average molecular weight is 266 g/mol. The molecule has 1 fully saturated rings. The molecule has 5 atom stereocenters. The first kappa shape index (κ1) is 15.1. The van der Waals surface area contributed by atoms with Gasteiger partial charge < -0.3 is 34.6 Å². The number of hydrogen-bond acceptors (Lipinski definition) is 8. The van der Waals surface area contributed by atoms with Crippen LogP contribution in [0.25, 0.3) is 0 Å². The third-order valence-corrected chi connectivity index (χ3v) is 2.41. The lowest BCUT2D eigenvalue weighted by molar-refractivity contribution is -0.288. The molecular formula is C10H18O8. The van der Waals surface area contributed by atoms with E-state index in [9.17, 15) is 20.1 Å². The van der Waals surface area contributed by atoms with Crippen LogP contribution in [0.1, 0.15) is 13.8 Å². The Morgan fingerprint density at radius 2 is 1.89 bits per heavy atom. The van der Waals surface area contributed by atoms with E-state index in [1.165, 1.54) is 0 Å². The van der Waals surface area contributed by atoms with Crippen molar-refractivity contribution in [3.05, 3.63) is 0 Å². The molecule has 0 spiro atoms. The third-order valence-electron chi connectivity index (χ3n) is 2.41. The van der Waals surface area contributed by atoms with Crippen molar-refractivity contribution in [1.29, 1.82) is 0 Å². The second-order valence-electron chi connectivity index (χ2n) is 4.23. The summed E-state index contributed by atoms with van der Waals surface area (Å²) in [5, 5.41) is 37.5. The SMILES string of the molecule is CC(C)OC(=O)O[C@@H]1[C@@H](O)[C@H](O)[C@@H](CO)O[C@H]1O. The van der Waals surface area contributed by atoms with Crippen molar-refractivity contribution in [2.45, 2.75) is 50.7 Å². The summed E-state index contributed by atoms with van der Waals surface area (Å²) < 4.78 is 14.1. The first-order valence-electron chi connectivity index (χ1n) is 5.54. The number of ether oxygens (including phenoxy) is 3. The fourth-order valence-electron chi connectivity index (χ4n) is 1.53. The van der Waals surface area contributed by atoms with E-state index in [0.29, 0.717) is 0 Å². The molecule has 0 radical (unpaired) electrons. The fourth-order valence-corrected chi connectivity index (χ4v) is 1.53. The zero-order valence-electron chi connectivity index (χ0n) is 10.1. The van der Waals surface area contributed by atoms with Gasteiger partial charge >= 0.3 is 6.16 Å². The Labute approximate surface area is 104 Å². The molecule has 1 heterocycles. The molecule has 8 nitrogen and oxygen atoms in total. The lowest BCUT2D eigenvalue weighted by atomic mass is 9.99. The molecule has 1 aliphatic heterocycles. The van der Waals surface area contributed by atoms with Crippen molar-refractivity contribution >= 4 is 6.16 Å². The molecule has 0 aliphatic carbocycles. The maximum Gasteiger partial charge on any atom is 0.509 e. The van der Waals surface area contributed by atoms with Crippen LogP contribution >= 0.6 is 0 Å². The van der Waals surface area contributed by atoms with E-state index in [0.717, 1.165) is 0 Å². The van der Waals surface area contributed by atoms with Crippen LogP contribution < -0.4 is 0 Å². The number of carbonyl (C=O) groups is 1. The normalized spacial score (nSPS) is 36.5. The van der Waals surface area contributed by atoms with Crippen molar-refractivity contribution in [3.63, 3.8) is 0 Å². The van der Waals surface area contributed by atoms with E-state index in [4.69, 9.17) is 9.84 Å². The van der Waals surface area contributed by atoms with Crippen molar-refractivity contribution in [2.75, 3.05) is 6.61 Å².